The third-order valence-corrected chi connectivity index (χ3v) is 2.80. The topological polar surface area (TPSA) is 68.4 Å². The van der Waals surface area contributed by atoms with Crippen molar-refractivity contribution in [2.24, 2.45) is 0 Å². The van der Waals surface area contributed by atoms with Crippen LogP contribution in [0.25, 0.3) is 0 Å². The molecule has 1 N–H and O–H groups in total. The summed E-state index contributed by atoms with van der Waals surface area (Å²) in [5, 5.41) is 13.5. The summed E-state index contributed by atoms with van der Waals surface area (Å²) >= 11 is 0. The van der Waals surface area contributed by atoms with Gasteiger partial charge in [0.15, 0.2) is 12.4 Å². The molecule has 0 amide bonds. The van der Waals surface area contributed by atoms with E-state index in [1.54, 1.807) is 6.92 Å². The average molecular weight is 262 g/mol. The molecule has 0 aliphatic heterocycles. The van der Waals surface area contributed by atoms with E-state index in [0.29, 0.717) is 17.5 Å². The fraction of sp³-hybridized carbons (Fsp3) is 0.429. The maximum absolute atomic E-state index is 9.70. The van der Waals surface area contributed by atoms with Gasteiger partial charge in [-0.25, -0.2) is 0 Å². The second-order valence-electron chi connectivity index (χ2n) is 4.46. The summed E-state index contributed by atoms with van der Waals surface area (Å²) in [6.07, 6.45) is 0.150. The van der Waals surface area contributed by atoms with Gasteiger partial charge in [-0.2, -0.15) is 4.98 Å². The summed E-state index contributed by atoms with van der Waals surface area (Å²) in [5.74, 6) is 1.75. The van der Waals surface area contributed by atoms with E-state index in [2.05, 4.69) is 10.1 Å². The zero-order valence-electron chi connectivity index (χ0n) is 11.4. The molecule has 1 aromatic heterocycles. The van der Waals surface area contributed by atoms with E-state index < -0.39 is 6.10 Å². The van der Waals surface area contributed by atoms with Gasteiger partial charge in [0, 0.05) is 12.0 Å². The fourth-order valence-electron chi connectivity index (χ4n) is 1.74. The molecule has 102 valence electrons. The maximum atomic E-state index is 9.70. The monoisotopic (exact) mass is 262 g/mol. The SMILES string of the molecule is CCc1noc(COc2cc(C)ccc2[C@@H](C)O)n1. The number of nitrogens with zero attached hydrogens (tertiary/aromatic N) is 2. The Kier molecular flexibility index (Phi) is 4.16. The lowest BCUT2D eigenvalue weighted by molar-refractivity contribution is 0.185. The molecule has 0 bridgehead atoms. The van der Waals surface area contributed by atoms with E-state index in [-0.39, 0.29) is 6.61 Å². The van der Waals surface area contributed by atoms with Crippen LogP contribution in [0.5, 0.6) is 5.75 Å². The number of ether oxygens (including phenoxy) is 1. The lowest BCUT2D eigenvalue weighted by Crippen LogP contribution is -2.01. The van der Waals surface area contributed by atoms with Crippen molar-refractivity contribution >= 4 is 0 Å². The van der Waals surface area contributed by atoms with Gasteiger partial charge in [0.05, 0.1) is 6.10 Å². The Morgan fingerprint density at radius 3 is 2.84 bits per heavy atom. The molecular weight excluding hydrogens is 244 g/mol. The number of rotatable bonds is 5. The minimum absolute atomic E-state index is 0.205. The molecule has 0 aliphatic rings. The number of aliphatic hydroxyl groups excluding tert-OH is 1. The van der Waals surface area contributed by atoms with Crippen LogP contribution in [-0.4, -0.2) is 15.2 Å². The van der Waals surface area contributed by atoms with Crippen molar-refractivity contribution in [2.45, 2.75) is 39.9 Å². The van der Waals surface area contributed by atoms with Gasteiger partial charge in [-0.15, -0.1) is 0 Å². The average Bonchev–Trinajstić information content (AvgIpc) is 2.84. The highest BCUT2D eigenvalue weighted by Gasteiger charge is 2.11. The zero-order chi connectivity index (χ0) is 13.8. The minimum Gasteiger partial charge on any atom is -0.483 e. The van der Waals surface area contributed by atoms with E-state index >= 15 is 0 Å². The Balaban J connectivity index is 2.12. The molecular formula is C14H18N2O3. The highest BCUT2D eigenvalue weighted by Crippen LogP contribution is 2.26. The molecule has 1 aromatic carbocycles. The summed E-state index contributed by atoms with van der Waals surface area (Å²) in [4.78, 5) is 4.18. The first-order chi connectivity index (χ1) is 9.10. The molecule has 0 saturated carbocycles. The van der Waals surface area contributed by atoms with Crippen molar-refractivity contribution in [3.8, 4) is 5.75 Å². The normalized spacial score (nSPS) is 12.4. The summed E-state index contributed by atoms with van der Waals surface area (Å²) in [5.41, 5.74) is 1.82. The molecule has 2 rings (SSSR count). The van der Waals surface area contributed by atoms with Crippen LogP contribution in [0.1, 0.15) is 42.8 Å². The Bertz CT molecular complexity index is 549. The van der Waals surface area contributed by atoms with Gasteiger partial charge in [0.2, 0.25) is 0 Å². The highest BCUT2D eigenvalue weighted by molar-refractivity contribution is 5.38. The predicted octanol–water partition coefficient (Wildman–Crippen LogP) is 2.57. The molecule has 5 heteroatoms. The van der Waals surface area contributed by atoms with E-state index in [9.17, 15) is 5.11 Å². The lowest BCUT2D eigenvalue weighted by atomic mass is 10.1. The van der Waals surface area contributed by atoms with Gasteiger partial charge >= 0.3 is 0 Å². The molecule has 1 heterocycles. The first-order valence-corrected chi connectivity index (χ1v) is 6.33. The molecule has 2 aromatic rings. The molecule has 0 radical (unpaired) electrons. The fourth-order valence-corrected chi connectivity index (χ4v) is 1.74. The van der Waals surface area contributed by atoms with E-state index in [1.807, 2.05) is 32.0 Å². The van der Waals surface area contributed by atoms with Gasteiger partial charge in [-0.1, -0.05) is 24.2 Å². The standard InChI is InChI=1S/C14H18N2O3/c1-4-13-15-14(19-16-13)8-18-12-7-9(2)5-6-11(12)10(3)17/h5-7,10,17H,4,8H2,1-3H3/t10-/m1/s1. The van der Waals surface area contributed by atoms with E-state index in [4.69, 9.17) is 9.26 Å². The Labute approximate surface area is 112 Å². The molecule has 5 nitrogen and oxygen atoms in total. The number of benzene rings is 1. The van der Waals surface area contributed by atoms with Crippen LogP contribution in [0.15, 0.2) is 22.7 Å². The van der Waals surface area contributed by atoms with Gasteiger partial charge < -0.3 is 14.4 Å². The number of aromatic nitrogens is 2. The van der Waals surface area contributed by atoms with Gasteiger partial charge in [-0.3, -0.25) is 0 Å². The second-order valence-corrected chi connectivity index (χ2v) is 4.46. The van der Waals surface area contributed by atoms with Crippen molar-refractivity contribution in [3.63, 3.8) is 0 Å². The van der Waals surface area contributed by atoms with Crippen LogP contribution in [0.3, 0.4) is 0 Å². The first kappa shape index (κ1) is 13.5. The van der Waals surface area contributed by atoms with Crippen LogP contribution in [0.4, 0.5) is 0 Å². The Hall–Kier alpha value is -1.88. The third-order valence-electron chi connectivity index (χ3n) is 2.80. The predicted molar refractivity (Wildman–Crippen MR) is 69.8 cm³/mol. The molecule has 0 saturated heterocycles. The number of aryl methyl sites for hydroxylation is 2. The van der Waals surface area contributed by atoms with Crippen LogP contribution in [-0.2, 0) is 13.0 Å². The second kappa shape index (κ2) is 5.84. The van der Waals surface area contributed by atoms with Crippen molar-refractivity contribution in [1.82, 2.24) is 10.1 Å². The summed E-state index contributed by atoms with van der Waals surface area (Å²) in [6, 6.07) is 5.69. The lowest BCUT2D eigenvalue weighted by Gasteiger charge is -2.13. The summed E-state index contributed by atoms with van der Waals surface area (Å²) in [7, 11) is 0. The molecule has 19 heavy (non-hydrogen) atoms. The number of aliphatic hydroxyl groups is 1. The highest BCUT2D eigenvalue weighted by atomic mass is 16.5. The molecule has 0 fully saturated rings. The van der Waals surface area contributed by atoms with Gasteiger partial charge in [0.25, 0.3) is 5.89 Å². The Morgan fingerprint density at radius 2 is 2.21 bits per heavy atom. The Morgan fingerprint density at radius 1 is 1.42 bits per heavy atom. The van der Waals surface area contributed by atoms with Crippen molar-refractivity contribution in [3.05, 3.63) is 41.0 Å². The van der Waals surface area contributed by atoms with Crippen molar-refractivity contribution in [1.29, 1.82) is 0 Å². The van der Waals surface area contributed by atoms with Crippen LogP contribution in [0, 0.1) is 6.92 Å². The van der Waals surface area contributed by atoms with E-state index in [1.165, 1.54) is 0 Å². The van der Waals surface area contributed by atoms with Gasteiger partial charge in [-0.05, 0) is 25.5 Å². The first-order valence-electron chi connectivity index (χ1n) is 6.33. The third kappa shape index (κ3) is 3.32. The number of hydrogen-bond acceptors (Lipinski definition) is 5. The maximum Gasteiger partial charge on any atom is 0.264 e. The molecule has 0 unspecified atom stereocenters. The van der Waals surface area contributed by atoms with E-state index in [0.717, 1.165) is 17.5 Å². The van der Waals surface area contributed by atoms with Crippen LogP contribution in [0.2, 0.25) is 0 Å². The largest absolute Gasteiger partial charge is 0.483 e. The summed E-state index contributed by atoms with van der Waals surface area (Å²) < 4.78 is 10.7. The summed E-state index contributed by atoms with van der Waals surface area (Å²) in [6.45, 7) is 5.84. The smallest absolute Gasteiger partial charge is 0.264 e. The van der Waals surface area contributed by atoms with Gasteiger partial charge in [0.1, 0.15) is 5.75 Å². The molecule has 1 atom stereocenters. The molecule has 0 spiro atoms. The van der Waals surface area contributed by atoms with Crippen molar-refractivity contribution in [2.75, 3.05) is 0 Å². The van der Waals surface area contributed by atoms with Crippen LogP contribution < -0.4 is 4.74 Å². The minimum atomic E-state index is -0.579. The van der Waals surface area contributed by atoms with Crippen molar-refractivity contribution < 1.29 is 14.4 Å². The van der Waals surface area contributed by atoms with Crippen LogP contribution >= 0.6 is 0 Å². The number of hydrogen-bond donors (Lipinski definition) is 1. The quantitative estimate of drug-likeness (QED) is 0.896. The molecule has 0 aliphatic carbocycles. The zero-order valence-corrected chi connectivity index (χ0v) is 11.4.